The monoisotopic (exact) mass is 186 g/mol. The Labute approximate surface area is 79.1 Å². The maximum atomic E-state index is 11.3. The molecule has 0 saturated heterocycles. The van der Waals surface area contributed by atoms with Gasteiger partial charge in [0.2, 0.25) is 11.8 Å². The minimum atomic E-state index is -0.410. The van der Waals surface area contributed by atoms with Crippen LogP contribution in [0.3, 0.4) is 0 Å². The molecule has 2 N–H and O–H groups in total. The second-order valence-electron chi connectivity index (χ2n) is 3.18. The van der Waals surface area contributed by atoms with Crippen molar-refractivity contribution in [1.29, 1.82) is 0 Å². The Hall–Kier alpha value is -1.06. The Kier molecular flexibility index (Phi) is 5.11. The zero-order valence-electron chi connectivity index (χ0n) is 8.68. The quantitative estimate of drug-likeness (QED) is 0.662. The summed E-state index contributed by atoms with van der Waals surface area (Å²) >= 11 is 0. The summed E-state index contributed by atoms with van der Waals surface area (Å²) < 4.78 is 0. The van der Waals surface area contributed by atoms with E-state index in [1.807, 2.05) is 13.8 Å². The second kappa shape index (κ2) is 5.56. The number of hydrogen-bond donors (Lipinski definition) is 2. The van der Waals surface area contributed by atoms with Gasteiger partial charge in [0.05, 0.1) is 0 Å². The Morgan fingerprint density at radius 3 is 2.23 bits per heavy atom. The Balaban J connectivity index is 4.35. The summed E-state index contributed by atoms with van der Waals surface area (Å²) in [7, 11) is 1.57. The molecular weight excluding hydrogens is 168 g/mol. The molecule has 0 fully saturated rings. The average molecular weight is 186 g/mol. The molecule has 13 heavy (non-hydrogen) atoms. The molecule has 0 spiro atoms. The van der Waals surface area contributed by atoms with Crippen LogP contribution in [0, 0.1) is 5.92 Å². The zero-order valence-corrected chi connectivity index (χ0v) is 8.68. The van der Waals surface area contributed by atoms with E-state index in [4.69, 9.17) is 0 Å². The van der Waals surface area contributed by atoms with Crippen molar-refractivity contribution in [3.63, 3.8) is 0 Å². The largest absolute Gasteiger partial charge is 0.357 e. The van der Waals surface area contributed by atoms with Crippen LogP contribution in [0.2, 0.25) is 0 Å². The van der Waals surface area contributed by atoms with E-state index < -0.39 is 6.04 Å². The van der Waals surface area contributed by atoms with E-state index in [1.165, 1.54) is 6.92 Å². The van der Waals surface area contributed by atoms with Crippen LogP contribution >= 0.6 is 0 Å². The lowest BCUT2D eigenvalue weighted by molar-refractivity contribution is -0.129. The van der Waals surface area contributed by atoms with Gasteiger partial charge < -0.3 is 10.6 Å². The maximum absolute atomic E-state index is 11.3. The number of hydrogen-bond acceptors (Lipinski definition) is 2. The van der Waals surface area contributed by atoms with Gasteiger partial charge in [-0.15, -0.1) is 0 Å². The highest BCUT2D eigenvalue weighted by Crippen LogP contribution is 2.07. The molecule has 0 aliphatic heterocycles. The molecule has 4 nitrogen and oxygen atoms in total. The molecule has 0 aromatic rings. The topological polar surface area (TPSA) is 58.2 Å². The van der Waals surface area contributed by atoms with Crippen molar-refractivity contribution in [1.82, 2.24) is 10.6 Å². The van der Waals surface area contributed by atoms with Gasteiger partial charge in [0, 0.05) is 14.0 Å². The number of carbonyl (C=O) groups is 2. The molecule has 0 heterocycles. The van der Waals surface area contributed by atoms with E-state index in [0.717, 1.165) is 6.42 Å². The average Bonchev–Trinajstić information content (AvgIpc) is 2.11. The predicted octanol–water partition coefficient (Wildman–Crippen LogP) is 0.283. The third-order valence-corrected chi connectivity index (χ3v) is 2.10. The van der Waals surface area contributed by atoms with Crippen molar-refractivity contribution in [3.8, 4) is 0 Å². The molecule has 0 radical (unpaired) electrons. The second-order valence-corrected chi connectivity index (χ2v) is 3.18. The number of carbonyl (C=O) groups excluding carboxylic acids is 2. The van der Waals surface area contributed by atoms with Crippen molar-refractivity contribution in [2.45, 2.75) is 33.2 Å². The fourth-order valence-corrected chi connectivity index (χ4v) is 1.08. The van der Waals surface area contributed by atoms with Gasteiger partial charge in [-0.1, -0.05) is 20.3 Å². The number of rotatable bonds is 4. The standard InChI is InChI=1S/C9H18N2O2/c1-5-6(2)8(9(13)10-4)11-7(3)12/h6,8H,5H2,1-4H3,(H,10,13)(H,11,12)/t6-,8+/m1/s1. The van der Waals surface area contributed by atoms with Crippen molar-refractivity contribution >= 4 is 11.8 Å². The summed E-state index contributed by atoms with van der Waals surface area (Å²) in [5.41, 5.74) is 0. The summed E-state index contributed by atoms with van der Waals surface area (Å²) in [5.74, 6) is -0.151. The predicted molar refractivity (Wildman–Crippen MR) is 51.1 cm³/mol. The van der Waals surface area contributed by atoms with Crippen molar-refractivity contribution in [2.24, 2.45) is 5.92 Å². The molecular formula is C9H18N2O2. The third-order valence-electron chi connectivity index (χ3n) is 2.10. The van der Waals surface area contributed by atoms with E-state index in [1.54, 1.807) is 7.05 Å². The van der Waals surface area contributed by atoms with Gasteiger partial charge in [0.1, 0.15) is 6.04 Å². The summed E-state index contributed by atoms with van der Waals surface area (Å²) in [6.07, 6.45) is 0.859. The molecule has 76 valence electrons. The highest BCUT2D eigenvalue weighted by atomic mass is 16.2. The van der Waals surface area contributed by atoms with Crippen LogP contribution in [0.15, 0.2) is 0 Å². The summed E-state index contributed by atoms with van der Waals surface area (Å²) in [6.45, 7) is 5.34. The molecule has 0 rings (SSSR count). The van der Waals surface area contributed by atoms with Crippen LogP contribution in [-0.2, 0) is 9.59 Å². The summed E-state index contributed by atoms with van der Waals surface area (Å²) in [4.78, 5) is 22.1. The van der Waals surface area contributed by atoms with Crippen molar-refractivity contribution in [3.05, 3.63) is 0 Å². The fraction of sp³-hybridized carbons (Fsp3) is 0.778. The maximum Gasteiger partial charge on any atom is 0.242 e. The van der Waals surface area contributed by atoms with Gasteiger partial charge >= 0.3 is 0 Å². The highest BCUT2D eigenvalue weighted by Gasteiger charge is 2.23. The van der Waals surface area contributed by atoms with Crippen LogP contribution in [0.5, 0.6) is 0 Å². The molecule has 0 unspecified atom stereocenters. The molecule has 0 aliphatic carbocycles. The molecule has 0 bridgehead atoms. The van der Waals surface area contributed by atoms with E-state index in [-0.39, 0.29) is 17.7 Å². The molecule has 0 saturated carbocycles. The molecule has 0 aliphatic rings. The van der Waals surface area contributed by atoms with Crippen LogP contribution < -0.4 is 10.6 Å². The number of nitrogens with one attached hydrogen (secondary N) is 2. The van der Waals surface area contributed by atoms with E-state index in [2.05, 4.69) is 10.6 Å². The smallest absolute Gasteiger partial charge is 0.242 e. The van der Waals surface area contributed by atoms with Gasteiger partial charge in [-0.25, -0.2) is 0 Å². The summed E-state index contributed by atoms with van der Waals surface area (Å²) in [5, 5.41) is 5.16. The normalized spacial score (nSPS) is 14.5. The van der Waals surface area contributed by atoms with Crippen LogP contribution in [-0.4, -0.2) is 24.9 Å². The first-order chi connectivity index (χ1) is 6.02. The lowest BCUT2D eigenvalue weighted by Crippen LogP contribution is -2.48. The van der Waals surface area contributed by atoms with Crippen molar-refractivity contribution in [2.75, 3.05) is 7.05 Å². The van der Waals surface area contributed by atoms with Crippen LogP contribution in [0.25, 0.3) is 0 Å². The minimum absolute atomic E-state index is 0.135. The minimum Gasteiger partial charge on any atom is -0.357 e. The Morgan fingerprint density at radius 1 is 1.38 bits per heavy atom. The molecule has 0 aromatic carbocycles. The molecule has 4 heteroatoms. The SMILES string of the molecule is CC[C@@H](C)[C@H](NC(C)=O)C(=O)NC. The van der Waals surface area contributed by atoms with Gasteiger partial charge in [0.15, 0.2) is 0 Å². The van der Waals surface area contributed by atoms with Gasteiger partial charge in [-0.3, -0.25) is 9.59 Å². The highest BCUT2D eigenvalue weighted by molar-refractivity contribution is 5.86. The van der Waals surface area contributed by atoms with E-state index in [0.29, 0.717) is 0 Å². The molecule has 2 amide bonds. The first-order valence-electron chi connectivity index (χ1n) is 4.51. The number of likely N-dealkylation sites (N-methyl/N-ethyl adjacent to an activating group) is 1. The third kappa shape index (κ3) is 3.92. The zero-order chi connectivity index (χ0) is 10.4. The lowest BCUT2D eigenvalue weighted by atomic mass is 9.98. The van der Waals surface area contributed by atoms with Gasteiger partial charge in [-0.05, 0) is 5.92 Å². The lowest BCUT2D eigenvalue weighted by Gasteiger charge is -2.21. The summed E-state index contributed by atoms with van der Waals surface area (Å²) in [6, 6.07) is -0.410. The van der Waals surface area contributed by atoms with E-state index in [9.17, 15) is 9.59 Å². The molecule has 0 aromatic heterocycles. The van der Waals surface area contributed by atoms with E-state index >= 15 is 0 Å². The molecule has 2 atom stereocenters. The first-order valence-corrected chi connectivity index (χ1v) is 4.51. The Bertz CT molecular complexity index is 192. The van der Waals surface area contributed by atoms with Crippen molar-refractivity contribution < 1.29 is 9.59 Å². The van der Waals surface area contributed by atoms with Crippen LogP contribution in [0.1, 0.15) is 27.2 Å². The Morgan fingerprint density at radius 2 is 1.92 bits per heavy atom. The first kappa shape index (κ1) is 11.9. The number of amides is 2. The van der Waals surface area contributed by atoms with Crippen LogP contribution in [0.4, 0.5) is 0 Å². The van der Waals surface area contributed by atoms with Gasteiger partial charge in [0.25, 0.3) is 0 Å². The fourth-order valence-electron chi connectivity index (χ4n) is 1.08. The van der Waals surface area contributed by atoms with Gasteiger partial charge in [-0.2, -0.15) is 0 Å².